The minimum Gasteiger partial charge on any atom is -0.505 e. The van der Waals surface area contributed by atoms with Gasteiger partial charge < -0.3 is 5.11 Å². The van der Waals surface area contributed by atoms with Crippen LogP contribution in [0.5, 0.6) is 5.75 Å². The van der Waals surface area contributed by atoms with Gasteiger partial charge >= 0.3 is 0 Å². The summed E-state index contributed by atoms with van der Waals surface area (Å²) in [5, 5.41) is 21.8. The maximum Gasteiger partial charge on any atom is 0.184 e. The van der Waals surface area contributed by atoms with Crippen LogP contribution >= 0.6 is 11.8 Å². The first-order valence-electron chi connectivity index (χ1n) is 9.12. The van der Waals surface area contributed by atoms with Crippen molar-refractivity contribution in [3.63, 3.8) is 0 Å². The maximum atomic E-state index is 11.1. The van der Waals surface area contributed by atoms with Crippen LogP contribution < -0.4 is 0 Å². The Morgan fingerprint density at radius 2 is 1.93 bits per heavy atom. The molecule has 8 nitrogen and oxygen atoms in total. The Morgan fingerprint density at radius 3 is 2.50 bits per heavy atom. The first kappa shape index (κ1) is 21.7. The van der Waals surface area contributed by atoms with Crippen molar-refractivity contribution in [3.05, 3.63) is 39.8 Å². The smallest absolute Gasteiger partial charge is 0.184 e. The third kappa shape index (κ3) is 5.48. The van der Waals surface area contributed by atoms with Gasteiger partial charge in [0.2, 0.25) is 0 Å². The fraction of sp³-hybridized carbons (Fsp3) is 0.474. The SMILES string of the molecule is C=C(C)N(/N=C/c1ccc(O)c(N=O)c1N=O)C(=NCC1CCCCC1)SC. The zero-order chi connectivity index (χ0) is 20.5. The molecule has 0 aromatic heterocycles. The van der Waals surface area contributed by atoms with Gasteiger partial charge in [0.25, 0.3) is 0 Å². The van der Waals surface area contributed by atoms with E-state index in [2.05, 4.69) is 22.0 Å². The van der Waals surface area contributed by atoms with Gasteiger partial charge in [-0.3, -0.25) is 4.99 Å². The van der Waals surface area contributed by atoms with Crippen LogP contribution in [0.3, 0.4) is 0 Å². The lowest BCUT2D eigenvalue weighted by atomic mass is 9.89. The Balaban J connectivity index is 2.27. The van der Waals surface area contributed by atoms with E-state index in [4.69, 9.17) is 4.99 Å². The Morgan fingerprint density at radius 1 is 1.25 bits per heavy atom. The van der Waals surface area contributed by atoms with Gasteiger partial charge in [-0.15, -0.1) is 9.81 Å². The Kier molecular flexibility index (Phi) is 8.31. The van der Waals surface area contributed by atoms with E-state index in [1.807, 2.05) is 6.26 Å². The van der Waals surface area contributed by atoms with E-state index in [9.17, 15) is 14.9 Å². The quantitative estimate of drug-likeness (QED) is 0.274. The van der Waals surface area contributed by atoms with Crippen molar-refractivity contribution in [2.45, 2.75) is 39.0 Å². The normalized spacial score (nSPS) is 15.6. The summed E-state index contributed by atoms with van der Waals surface area (Å²) in [7, 11) is 0. The first-order chi connectivity index (χ1) is 13.5. The highest BCUT2D eigenvalue weighted by Crippen LogP contribution is 2.38. The van der Waals surface area contributed by atoms with Crippen LogP contribution in [0, 0.1) is 15.7 Å². The lowest BCUT2D eigenvalue weighted by molar-refractivity contribution is 0.366. The number of hydrogen-bond donors (Lipinski definition) is 1. The van der Waals surface area contributed by atoms with Crippen LogP contribution in [0.1, 0.15) is 44.6 Å². The van der Waals surface area contributed by atoms with Gasteiger partial charge in [0.1, 0.15) is 11.4 Å². The van der Waals surface area contributed by atoms with E-state index in [1.165, 1.54) is 62.2 Å². The molecule has 0 aliphatic heterocycles. The molecule has 150 valence electrons. The van der Waals surface area contributed by atoms with Gasteiger partial charge in [-0.2, -0.15) is 5.10 Å². The monoisotopic (exact) mass is 403 g/mol. The van der Waals surface area contributed by atoms with Gasteiger partial charge in [-0.05, 0) is 54.4 Å². The highest BCUT2D eigenvalue weighted by atomic mass is 32.2. The summed E-state index contributed by atoms with van der Waals surface area (Å²) in [6.45, 7) is 6.49. The molecule has 1 fully saturated rings. The van der Waals surface area contributed by atoms with E-state index in [0.29, 0.717) is 16.8 Å². The van der Waals surface area contributed by atoms with E-state index in [0.717, 1.165) is 6.54 Å². The van der Waals surface area contributed by atoms with Crippen molar-refractivity contribution < 1.29 is 5.11 Å². The summed E-state index contributed by atoms with van der Waals surface area (Å²) in [6.07, 6.45) is 9.51. The standard InChI is InChI=1S/C19H25N5O3S/c1-13(2)24(19(28-3)20-11-14-7-5-4-6-8-14)21-12-15-9-10-16(25)18(23-27)17(15)22-26/h9-10,12,14,25H,1,4-8,11H2,2-3H3/b20-19?,21-12+. The lowest BCUT2D eigenvalue weighted by Gasteiger charge is -2.22. The number of allylic oxidation sites excluding steroid dienone is 1. The Hall–Kier alpha value is -2.55. The molecule has 0 radical (unpaired) electrons. The fourth-order valence-corrected chi connectivity index (χ4v) is 3.68. The highest BCUT2D eigenvalue weighted by molar-refractivity contribution is 8.13. The molecule has 1 aliphatic carbocycles. The average molecular weight is 404 g/mol. The van der Waals surface area contributed by atoms with Crippen molar-refractivity contribution >= 4 is 34.5 Å². The third-order valence-electron chi connectivity index (χ3n) is 4.59. The molecule has 0 spiro atoms. The molecule has 1 N–H and O–H groups in total. The molecule has 1 aliphatic rings. The number of aliphatic imine (C=N–C) groups is 1. The summed E-state index contributed by atoms with van der Waals surface area (Å²) in [4.78, 5) is 26.7. The summed E-state index contributed by atoms with van der Waals surface area (Å²) in [5.41, 5.74) is 0.254. The lowest BCUT2D eigenvalue weighted by Crippen LogP contribution is -2.22. The topological polar surface area (TPSA) is 107 Å². The fourth-order valence-electron chi connectivity index (χ4n) is 3.10. The molecule has 1 aromatic rings. The molecule has 2 rings (SSSR count). The number of aromatic hydroxyl groups is 1. The molecule has 0 heterocycles. The van der Waals surface area contributed by atoms with Crippen LogP contribution in [-0.2, 0) is 0 Å². The van der Waals surface area contributed by atoms with Crippen molar-refractivity contribution in [3.8, 4) is 5.75 Å². The Labute approximate surface area is 168 Å². The van der Waals surface area contributed by atoms with E-state index < -0.39 is 11.4 Å². The molecular formula is C19H25N5O3S. The minimum atomic E-state index is -0.406. The second-order valence-electron chi connectivity index (χ2n) is 6.68. The van der Waals surface area contributed by atoms with Gasteiger partial charge in [0.05, 0.1) is 6.21 Å². The van der Waals surface area contributed by atoms with E-state index in [1.54, 1.807) is 11.9 Å². The summed E-state index contributed by atoms with van der Waals surface area (Å²) in [5.74, 6) is 0.188. The second kappa shape index (κ2) is 10.7. The number of rotatable bonds is 7. The number of phenolic OH excluding ortho intramolecular Hbond substituents is 1. The predicted molar refractivity (Wildman–Crippen MR) is 116 cm³/mol. The van der Waals surface area contributed by atoms with Gasteiger partial charge in [0.15, 0.2) is 10.9 Å². The average Bonchev–Trinajstić information content (AvgIpc) is 2.71. The number of nitroso groups, excluding NO2 is 2. The second-order valence-corrected chi connectivity index (χ2v) is 7.45. The minimum absolute atomic E-state index is 0.259. The first-order valence-corrected chi connectivity index (χ1v) is 10.3. The number of phenols is 1. The molecule has 9 heteroatoms. The molecule has 0 atom stereocenters. The van der Waals surface area contributed by atoms with Gasteiger partial charge in [-0.1, -0.05) is 37.6 Å². The number of thioether (sulfide) groups is 1. The number of hydrazone groups is 1. The molecular weight excluding hydrogens is 378 g/mol. The molecule has 1 saturated carbocycles. The van der Waals surface area contributed by atoms with Crippen LogP contribution in [0.2, 0.25) is 0 Å². The van der Waals surface area contributed by atoms with Crippen molar-refractivity contribution in [2.75, 3.05) is 12.8 Å². The number of benzene rings is 1. The van der Waals surface area contributed by atoms with Gasteiger partial charge in [-0.25, -0.2) is 5.01 Å². The number of nitrogens with zero attached hydrogens (tertiary/aromatic N) is 5. The third-order valence-corrected chi connectivity index (χ3v) is 5.26. The zero-order valence-electron chi connectivity index (χ0n) is 16.2. The van der Waals surface area contributed by atoms with E-state index in [-0.39, 0.29) is 11.3 Å². The van der Waals surface area contributed by atoms with Crippen LogP contribution in [-0.4, -0.2) is 34.3 Å². The maximum absolute atomic E-state index is 11.1. The molecule has 28 heavy (non-hydrogen) atoms. The molecule has 1 aromatic carbocycles. The van der Waals surface area contributed by atoms with Crippen LogP contribution in [0.25, 0.3) is 0 Å². The zero-order valence-corrected chi connectivity index (χ0v) is 17.0. The summed E-state index contributed by atoms with van der Waals surface area (Å²) in [6, 6.07) is 2.71. The predicted octanol–water partition coefficient (Wildman–Crippen LogP) is 5.66. The van der Waals surface area contributed by atoms with Gasteiger partial charge in [0, 0.05) is 17.8 Å². The van der Waals surface area contributed by atoms with E-state index >= 15 is 0 Å². The van der Waals surface area contributed by atoms with Crippen LogP contribution in [0.4, 0.5) is 11.4 Å². The summed E-state index contributed by atoms with van der Waals surface area (Å²) >= 11 is 1.46. The number of hydrogen-bond acceptors (Lipinski definition) is 8. The molecule has 0 unspecified atom stereocenters. The molecule has 0 bridgehead atoms. The summed E-state index contributed by atoms with van der Waals surface area (Å²) < 4.78 is 0. The molecule has 0 amide bonds. The largest absolute Gasteiger partial charge is 0.505 e. The van der Waals surface area contributed by atoms with Crippen LogP contribution in [0.15, 0.2) is 44.9 Å². The van der Waals surface area contributed by atoms with Crippen molar-refractivity contribution in [1.29, 1.82) is 0 Å². The number of amidine groups is 1. The van der Waals surface area contributed by atoms with Crippen molar-refractivity contribution in [2.24, 2.45) is 26.4 Å². The Bertz CT molecular complexity index is 788. The van der Waals surface area contributed by atoms with Crippen molar-refractivity contribution in [1.82, 2.24) is 5.01 Å². The molecule has 0 saturated heterocycles. The highest BCUT2D eigenvalue weighted by Gasteiger charge is 2.17.